The van der Waals surface area contributed by atoms with Crippen molar-refractivity contribution in [2.75, 3.05) is 38.2 Å². The van der Waals surface area contributed by atoms with Crippen LogP contribution in [0.5, 0.6) is 0 Å². The second-order valence-corrected chi connectivity index (χ2v) is 6.99. The molecule has 0 aliphatic carbocycles. The van der Waals surface area contributed by atoms with Crippen molar-refractivity contribution in [2.45, 2.75) is 51.5 Å². The van der Waals surface area contributed by atoms with Crippen molar-refractivity contribution in [3.05, 3.63) is 23.4 Å². The summed E-state index contributed by atoms with van der Waals surface area (Å²) in [7, 11) is 1.41. The highest BCUT2D eigenvalue weighted by molar-refractivity contribution is 5.90. The molecule has 5 heteroatoms. The van der Waals surface area contributed by atoms with E-state index in [9.17, 15) is 4.79 Å². The van der Waals surface area contributed by atoms with Crippen molar-refractivity contribution in [1.82, 2.24) is 9.88 Å². The molecular formula is C19H29N3O2. The fourth-order valence-corrected chi connectivity index (χ4v) is 3.97. The standard InChI is InChI=1S/C19H29N3O2/c1-15-17(19(23)24-2)9-10-18(20-15)22-13-7-8-16(14-22)21-11-5-3-4-6-12-21/h9-10,16H,3-8,11-14H2,1-2H3. The number of rotatable bonds is 3. The van der Waals surface area contributed by atoms with Crippen molar-refractivity contribution in [3.63, 3.8) is 0 Å². The van der Waals surface area contributed by atoms with Gasteiger partial charge >= 0.3 is 5.97 Å². The minimum atomic E-state index is -0.312. The second kappa shape index (κ2) is 7.97. The summed E-state index contributed by atoms with van der Waals surface area (Å²) < 4.78 is 4.81. The molecule has 0 saturated carbocycles. The number of piperidine rings is 1. The lowest BCUT2D eigenvalue weighted by atomic mass is 10.0. The van der Waals surface area contributed by atoms with Crippen molar-refractivity contribution >= 4 is 11.8 Å². The van der Waals surface area contributed by atoms with Gasteiger partial charge in [-0.05, 0) is 57.8 Å². The molecule has 2 aliphatic rings. The first-order valence-corrected chi connectivity index (χ1v) is 9.24. The summed E-state index contributed by atoms with van der Waals surface area (Å²) in [5, 5.41) is 0. The summed E-state index contributed by atoms with van der Waals surface area (Å²) in [6, 6.07) is 4.45. The van der Waals surface area contributed by atoms with E-state index >= 15 is 0 Å². The van der Waals surface area contributed by atoms with Gasteiger partial charge in [0.15, 0.2) is 0 Å². The van der Waals surface area contributed by atoms with E-state index in [1.54, 1.807) is 0 Å². The van der Waals surface area contributed by atoms with Crippen LogP contribution in [-0.4, -0.2) is 55.2 Å². The summed E-state index contributed by atoms with van der Waals surface area (Å²) in [6.45, 7) is 6.46. The quantitative estimate of drug-likeness (QED) is 0.797. The highest BCUT2D eigenvalue weighted by Gasteiger charge is 2.26. The monoisotopic (exact) mass is 331 g/mol. The van der Waals surface area contributed by atoms with Crippen molar-refractivity contribution in [1.29, 1.82) is 0 Å². The van der Waals surface area contributed by atoms with Crippen LogP contribution in [0.4, 0.5) is 5.82 Å². The molecule has 5 nitrogen and oxygen atoms in total. The minimum Gasteiger partial charge on any atom is -0.465 e. The third kappa shape index (κ3) is 3.89. The van der Waals surface area contributed by atoms with Crippen LogP contribution in [0.1, 0.15) is 54.6 Å². The normalized spacial score (nSPS) is 22.9. The van der Waals surface area contributed by atoms with Gasteiger partial charge in [-0.1, -0.05) is 12.8 Å². The van der Waals surface area contributed by atoms with Crippen LogP contribution in [0.2, 0.25) is 0 Å². The second-order valence-electron chi connectivity index (χ2n) is 6.99. The topological polar surface area (TPSA) is 45.7 Å². The maximum Gasteiger partial charge on any atom is 0.339 e. The zero-order chi connectivity index (χ0) is 16.9. The molecule has 3 heterocycles. The van der Waals surface area contributed by atoms with Crippen LogP contribution in [0, 0.1) is 6.92 Å². The Balaban J connectivity index is 1.70. The molecule has 1 aromatic rings. The van der Waals surface area contributed by atoms with Gasteiger partial charge in [-0.2, -0.15) is 0 Å². The first kappa shape index (κ1) is 17.2. The third-order valence-electron chi connectivity index (χ3n) is 5.35. The first-order chi connectivity index (χ1) is 11.7. The number of hydrogen-bond donors (Lipinski definition) is 0. The summed E-state index contributed by atoms with van der Waals surface area (Å²) in [5.41, 5.74) is 1.30. The number of methoxy groups -OCH3 is 1. The van der Waals surface area contributed by atoms with Gasteiger partial charge in [-0.25, -0.2) is 9.78 Å². The molecule has 2 fully saturated rings. The largest absolute Gasteiger partial charge is 0.465 e. The van der Waals surface area contributed by atoms with Crippen molar-refractivity contribution < 1.29 is 9.53 Å². The third-order valence-corrected chi connectivity index (χ3v) is 5.35. The Morgan fingerprint density at radius 1 is 1.12 bits per heavy atom. The van der Waals surface area contributed by atoms with Gasteiger partial charge < -0.3 is 9.64 Å². The molecule has 0 amide bonds. The Labute approximate surface area is 145 Å². The SMILES string of the molecule is COC(=O)c1ccc(N2CCCC(N3CCCCCC3)C2)nc1C. The molecule has 3 rings (SSSR count). The summed E-state index contributed by atoms with van der Waals surface area (Å²) in [6.07, 6.45) is 7.92. The Bertz CT molecular complexity index is 568. The van der Waals surface area contributed by atoms with E-state index in [0.29, 0.717) is 11.6 Å². The molecule has 132 valence electrons. The van der Waals surface area contributed by atoms with Crippen LogP contribution in [0.25, 0.3) is 0 Å². The van der Waals surface area contributed by atoms with E-state index in [4.69, 9.17) is 4.74 Å². The Hall–Kier alpha value is -1.62. The average Bonchev–Trinajstić information content (AvgIpc) is 2.90. The van der Waals surface area contributed by atoms with E-state index in [-0.39, 0.29) is 5.97 Å². The van der Waals surface area contributed by atoms with E-state index in [2.05, 4.69) is 14.8 Å². The number of carbonyl (C=O) groups excluding carboxylic acids is 1. The first-order valence-electron chi connectivity index (χ1n) is 9.24. The van der Waals surface area contributed by atoms with Gasteiger partial charge in [0.25, 0.3) is 0 Å². The lowest BCUT2D eigenvalue weighted by molar-refractivity contribution is 0.0599. The summed E-state index contributed by atoms with van der Waals surface area (Å²) in [4.78, 5) is 21.5. The number of esters is 1. The van der Waals surface area contributed by atoms with Crippen LogP contribution in [-0.2, 0) is 4.74 Å². The smallest absolute Gasteiger partial charge is 0.339 e. The molecule has 24 heavy (non-hydrogen) atoms. The summed E-state index contributed by atoms with van der Waals surface area (Å²) >= 11 is 0. The number of carbonyl (C=O) groups is 1. The molecule has 1 atom stereocenters. The van der Waals surface area contributed by atoms with Gasteiger partial charge in [-0.3, -0.25) is 4.90 Å². The molecule has 2 saturated heterocycles. The number of anilines is 1. The van der Waals surface area contributed by atoms with Crippen LogP contribution >= 0.6 is 0 Å². The van der Waals surface area contributed by atoms with Gasteiger partial charge in [0.05, 0.1) is 18.4 Å². The molecule has 2 aliphatic heterocycles. The number of likely N-dealkylation sites (tertiary alicyclic amines) is 1. The molecule has 1 aromatic heterocycles. The van der Waals surface area contributed by atoms with E-state index in [0.717, 1.165) is 24.6 Å². The number of hydrogen-bond acceptors (Lipinski definition) is 5. The van der Waals surface area contributed by atoms with Gasteiger partial charge in [-0.15, -0.1) is 0 Å². The Morgan fingerprint density at radius 3 is 2.54 bits per heavy atom. The zero-order valence-electron chi connectivity index (χ0n) is 15.0. The number of aromatic nitrogens is 1. The molecule has 0 N–H and O–H groups in total. The molecular weight excluding hydrogens is 302 g/mol. The fraction of sp³-hybridized carbons (Fsp3) is 0.684. The van der Waals surface area contributed by atoms with Gasteiger partial charge in [0.2, 0.25) is 0 Å². The average molecular weight is 331 g/mol. The maximum absolute atomic E-state index is 11.7. The highest BCUT2D eigenvalue weighted by Crippen LogP contribution is 2.24. The highest BCUT2D eigenvalue weighted by atomic mass is 16.5. The van der Waals surface area contributed by atoms with E-state index < -0.39 is 0 Å². The fourth-order valence-electron chi connectivity index (χ4n) is 3.97. The van der Waals surface area contributed by atoms with Crippen molar-refractivity contribution in [3.8, 4) is 0 Å². The minimum absolute atomic E-state index is 0.312. The number of pyridine rings is 1. The Kier molecular flexibility index (Phi) is 5.72. The number of ether oxygens (including phenoxy) is 1. The molecule has 0 aromatic carbocycles. The number of aryl methyl sites for hydroxylation is 1. The maximum atomic E-state index is 11.7. The predicted octanol–water partition coefficient (Wildman–Crippen LogP) is 3.02. The number of nitrogens with zero attached hydrogens (tertiary/aromatic N) is 3. The van der Waals surface area contributed by atoms with Crippen molar-refractivity contribution in [2.24, 2.45) is 0 Å². The van der Waals surface area contributed by atoms with Gasteiger partial charge in [0, 0.05) is 19.1 Å². The van der Waals surface area contributed by atoms with Crippen LogP contribution < -0.4 is 4.90 Å². The zero-order valence-corrected chi connectivity index (χ0v) is 15.0. The lowest BCUT2D eigenvalue weighted by Crippen LogP contribution is -2.48. The Morgan fingerprint density at radius 2 is 1.88 bits per heavy atom. The predicted molar refractivity (Wildman–Crippen MR) is 95.6 cm³/mol. The van der Waals surface area contributed by atoms with E-state index in [1.807, 2.05) is 19.1 Å². The molecule has 0 spiro atoms. The van der Waals surface area contributed by atoms with E-state index in [1.165, 1.54) is 58.7 Å². The molecule has 0 bridgehead atoms. The lowest BCUT2D eigenvalue weighted by Gasteiger charge is -2.39. The summed E-state index contributed by atoms with van der Waals surface area (Å²) in [5.74, 6) is 0.673. The van der Waals surface area contributed by atoms with Crippen LogP contribution in [0.15, 0.2) is 12.1 Å². The molecule has 0 radical (unpaired) electrons. The van der Waals surface area contributed by atoms with Crippen LogP contribution in [0.3, 0.4) is 0 Å². The van der Waals surface area contributed by atoms with Gasteiger partial charge in [0.1, 0.15) is 5.82 Å². The molecule has 1 unspecified atom stereocenters.